The fourth-order valence-corrected chi connectivity index (χ4v) is 7.11. The van der Waals surface area contributed by atoms with Crippen molar-refractivity contribution in [1.82, 2.24) is 9.97 Å². The van der Waals surface area contributed by atoms with Gasteiger partial charge in [-0.1, -0.05) is 29.8 Å². The van der Waals surface area contributed by atoms with E-state index in [0.29, 0.717) is 6.42 Å². The number of rotatable bonds is 4. The van der Waals surface area contributed by atoms with E-state index in [9.17, 15) is 4.79 Å². The number of hydrogen-bond acceptors (Lipinski definition) is 4. The third-order valence-corrected chi connectivity index (χ3v) is 10.7. The first-order valence-electron chi connectivity index (χ1n) is 15.8. The average molecular weight is 601 g/mol. The average Bonchev–Trinajstić information content (AvgIpc) is 3.64. The van der Waals surface area contributed by atoms with Gasteiger partial charge in [0.1, 0.15) is 0 Å². The predicted octanol–water partition coefficient (Wildman–Crippen LogP) is 6.80. The Hall–Kier alpha value is -4.45. The molecule has 3 aliphatic heterocycles. The number of ether oxygens (including phenoxy) is 1. The number of esters is 1. The molecule has 6 heteroatoms. The standard InChI is InChI=1S/C39H44N4O2/c1-20-11-13-29(14-12-20)37-38-26(7)25(6)34(42-38)18-32-22(3)21(2)30(40-32)17-31-23(4)24(5)33(41-31)19-35-27(8)28(9)39(37,43-35)16-15-36(44)45-10/h11-14,17-19,37,40,42H,15-16H2,1-10H3/t37-,39-/m1/s1. The molecule has 0 amide bonds. The number of aromatic amines is 2. The number of aryl methyl sites for hydroxylation is 1. The van der Waals surface area contributed by atoms with E-state index in [1.807, 2.05) is 0 Å². The lowest BCUT2D eigenvalue weighted by molar-refractivity contribution is -0.141. The highest BCUT2D eigenvalue weighted by atomic mass is 16.5. The Labute approximate surface area is 266 Å². The van der Waals surface area contributed by atoms with Crippen LogP contribution in [0.15, 0.2) is 68.3 Å². The molecule has 8 bridgehead atoms. The summed E-state index contributed by atoms with van der Waals surface area (Å²) in [4.78, 5) is 31.1. The zero-order valence-electron chi connectivity index (χ0n) is 28.2. The summed E-state index contributed by atoms with van der Waals surface area (Å²) in [6.45, 7) is 19.5. The maximum absolute atomic E-state index is 12.7. The van der Waals surface area contributed by atoms with Crippen LogP contribution in [0.25, 0.3) is 12.2 Å². The monoisotopic (exact) mass is 600 g/mol. The van der Waals surface area contributed by atoms with Crippen molar-refractivity contribution in [3.63, 3.8) is 0 Å². The molecule has 5 heterocycles. The van der Waals surface area contributed by atoms with E-state index in [1.165, 1.54) is 34.9 Å². The molecule has 0 fully saturated rings. The van der Waals surface area contributed by atoms with Crippen molar-refractivity contribution in [2.24, 2.45) is 9.98 Å². The van der Waals surface area contributed by atoms with Crippen LogP contribution in [-0.2, 0) is 9.53 Å². The van der Waals surface area contributed by atoms with Crippen LogP contribution < -0.4 is 10.7 Å². The lowest BCUT2D eigenvalue weighted by atomic mass is 9.70. The fourth-order valence-electron chi connectivity index (χ4n) is 7.11. The molecule has 2 N–H and O–H groups in total. The molecule has 0 unspecified atom stereocenters. The summed E-state index contributed by atoms with van der Waals surface area (Å²) in [6.07, 6.45) is 7.31. The van der Waals surface area contributed by atoms with Gasteiger partial charge in [0, 0.05) is 28.5 Å². The van der Waals surface area contributed by atoms with Gasteiger partial charge in [0.05, 0.1) is 35.7 Å². The number of fused-ring (bicyclic) bond motifs is 6. The third-order valence-electron chi connectivity index (χ3n) is 10.7. The van der Waals surface area contributed by atoms with Gasteiger partial charge in [-0.25, -0.2) is 4.99 Å². The summed E-state index contributed by atoms with van der Waals surface area (Å²) in [7, 11) is 1.46. The molecule has 0 saturated carbocycles. The maximum atomic E-state index is 12.7. The maximum Gasteiger partial charge on any atom is 0.305 e. The molecule has 0 saturated heterocycles. The number of hydrogen-bond donors (Lipinski definition) is 2. The summed E-state index contributed by atoms with van der Waals surface area (Å²) in [5, 5.41) is 2.15. The molecule has 0 spiro atoms. The van der Waals surface area contributed by atoms with E-state index in [1.54, 1.807) is 0 Å². The van der Waals surface area contributed by atoms with Gasteiger partial charge in [-0.2, -0.15) is 0 Å². The number of nitrogens with one attached hydrogen (secondary N) is 2. The molecule has 0 radical (unpaired) electrons. The van der Waals surface area contributed by atoms with Crippen molar-refractivity contribution in [3.05, 3.63) is 114 Å². The smallest absolute Gasteiger partial charge is 0.305 e. The topological polar surface area (TPSA) is 82.6 Å². The summed E-state index contributed by atoms with van der Waals surface area (Å²) < 4.78 is 5.17. The Morgan fingerprint density at radius 3 is 2.11 bits per heavy atom. The van der Waals surface area contributed by atoms with Gasteiger partial charge in [-0.15, -0.1) is 0 Å². The number of nitrogens with zero attached hydrogens (tertiary/aromatic N) is 2. The summed E-state index contributed by atoms with van der Waals surface area (Å²) in [6, 6.07) is 8.78. The van der Waals surface area contributed by atoms with Gasteiger partial charge in [-0.05, 0) is 137 Å². The third kappa shape index (κ3) is 4.91. The molecule has 1 aromatic carbocycles. The minimum absolute atomic E-state index is 0.168. The highest BCUT2D eigenvalue weighted by Crippen LogP contribution is 2.50. The Balaban J connectivity index is 1.74. The predicted molar refractivity (Wildman–Crippen MR) is 185 cm³/mol. The highest BCUT2D eigenvalue weighted by molar-refractivity contribution is 6.23. The number of carbonyl (C=O) groups excluding carboxylic acids is 1. The fraction of sp³-hybridized carbons (Fsp3) is 0.359. The molecular formula is C39H44N4O2. The number of H-pyrrole nitrogens is 2. The molecule has 232 valence electrons. The molecule has 3 aromatic rings. The van der Waals surface area contributed by atoms with E-state index in [-0.39, 0.29) is 18.3 Å². The number of benzene rings is 1. The molecule has 6 nitrogen and oxygen atoms in total. The van der Waals surface area contributed by atoms with Crippen molar-refractivity contribution >= 4 is 29.5 Å². The second kappa shape index (κ2) is 11.2. The first-order valence-corrected chi connectivity index (χ1v) is 15.8. The van der Waals surface area contributed by atoms with Crippen LogP contribution in [0.5, 0.6) is 0 Å². The van der Waals surface area contributed by atoms with Crippen molar-refractivity contribution in [2.75, 3.05) is 7.11 Å². The molecule has 2 atom stereocenters. The van der Waals surface area contributed by atoms with Crippen LogP contribution in [-0.4, -0.2) is 40.0 Å². The number of carbonyl (C=O) groups is 1. The summed E-state index contributed by atoms with van der Waals surface area (Å²) >= 11 is 0. The number of allylic oxidation sites excluding steroid dienone is 4. The van der Waals surface area contributed by atoms with Gasteiger partial charge in [-0.3, -0.25) is 9.79 Å². The van der Waals surface area contributed by atoms with E-state index in [0.717, 1.165) is 67.1 Å². The van der Waals surface area contributed by atoms with Crippen LogP contribution in [0, 0.1) is 34.6 Å². The van der Waals surface area contributed by atoms with Crippen molar-refractivity contribution in [3.8, 4) is 0 Å². The van der Waals surface area contributed by atoms with E-state index in [2.05, 4.69) is 115 Å². The highest BCUT2D eigenvalue weighted by Gasteiger charge is 2.48. The van der Waals surface area contributed by atoms with E-state index < -0.39 is 5.54 Å². The summed E-state index contributed by atoms with van der Waals surface area (Å²) in [5.41, 5.74) is 16.1. The molecule has 2 aromatic heterocycles. The van der Waals surface area contributed by atoms with Crippen LogP contribution in [0.2, 0.25) is 0 Å². The van der Waals surface area contributed by atoms with Crippen LogP contribution >= 0.6 is 0 Å². The van der Waals surface area contributed by atoms with Crippen molar-refractivity contribution < 1.29 is 9.53 Å². The number of aliphatic imine (C=N–C) groups is 2. The lowest BCUT2D eigenvalue weighted by Crippen LogP contribution is -2.37. The Morgan fingerprint density at radius 2 is 1.44 bits per heavy atom. The molecule has 0 aliphatic carbocycles. The normalized spacial score (nSPS) is 20.9. The first-order chi connectivity index (χ1) is 21.4. The van der Waals surface area contributed by atoms with Crippen LogP contribution in [0.1, 0.15) is 91.2 Å². The molecule has 6 rings (SSSR count). The van der Waals surface area contributed by atoms with E-state index in [4.69, 9.17) is 14.7 Å². The van der Waals surface area contributed by atoms with Gasteiger partial charge in [0.15, 0.2) is 0 Å². The molecule has 45 heavy (non-hydrogen) atoms. The molecular weight excluding hydrogens is 556 g/mol. The largest absolute Gasteiger partial charge is 0.469 e. The lowest BCUT2D eigenvalue weighted by Gasteiger charge is -2.37. The van der Waals surface area contributed by atoms with Crippen LogP contribution in [0.4, 0.5) is 0 Å². The second-order valence-corrected chi connectivity index (χ2v) is 13.1. The SMILES string of the molecule is COC(=O)CC[C@]12N=C(C=C3N=C(C=c4[nH]c(c(C)c4C)=Cc4[nH]c(c(C)c4C)[C@H]1c1ccc(C)cc1)C(C)=C3C)C(C)=C2C. The minimum Gasteiger partial charge on any atom is -0.469 e. The van der Waals surface area contributed by atoms with Gasteiger partial charge < -0.3 is 14.7 Å². The first kappa shape index (κ1) is 30.6. The molecule has 3 aliphatic rings. The summed E-state index contributed by atoms with van der Waals surface area (Å²) in [5.74, 6) is -0.401. The Bertz CT molecular complexity index is 2040. The van der Waals surface area contributed by atoms with Gasteiger partial charge in [0.25, 0.3) is 0 Å². The van der Waals surface area contributed by atoms with Crippen molar-refractivity contribution in [2.45, 2.75) is 86.6 Å². The Kier molecular flexibility index (Phi) is 7.59. The van der Waals surface area contributed by atoms with Gasteiger partial charge >= 0.3 is 5.97 Å². The number of aromatic nitrogens is 2. The number of methoxy groups -OCH3 is 1. The second-order valence-electron chi connectivity index (χ2n) is 13.1. The zero-order valence-corrected chi connectivity index (χ0v) is 28.2. The zero-order chi connectivity index (χ0) is 32.4. The quantitative estimate of drug-likeness (QED) is 0.323. The van der Waals surface area contributed by atoms with E-state index >= 15 is 0 Å². The minimum atomic E-state index is -0.716. The van der Waals surface area contributed by atoms with Crippen LogP contribution in [0.3, 0.4) is 0 Å². The van der Waals surface area contributed by atoms with Crippen molar-refractivity contribution in [1.29, 1.82) is 0 Å². The van der Waals surface area contributed by atoms with Gasteiger partial charge in [0.2, 0.25) is 0 Å². The Morgan fingerprint density at radius 1 is 0.778 bits per heavy atom.